The highest BCUT2D eigenvalue weighted by atomic mass is 32.2. The zero-order chi connectivity index (χ0) is 28.6. The molecular weight excluding hydrogens is 532 g/mol. The normalized spacial score (nSPS) is 17.5. The molecule has 40 heavy (non-hydrogen) atoms. The smallest absolute Gasteiger partial charge is 0.379 e. The number of benzene rings is 2. The number of carbonyl (C=O) groups excluding carboxylic acids is 3. The van der Waals surface area contributed by atoms with E-state index in [4.69, 9.17) is 18.6 Å². The van der Waals surface area contributed by atoms with Gasteiger partial charge in [0.15, 0.2) is 0 Å². The summed E-state index contributed by atoms with van der Waals surface area (Å²) >= 11 is 1.49. The van der Waals surface area contributed by atoms with E-state index in [0.29, 0.717) is 34.5 Å². The Morgan fingerprint density at radius 2 is 1.95 bits per heavy atom. The minimum atomic E-state index is -0.807. The lowest BCUT2D eigenvalue weighted by Crippen LogP contribution is -2.52. The molecule has 2 aliphatic heterocycles. The Morgan fingerprint density at radius 1 is 1.18 bits per heavy atom. The van der Waals surface area contributed by atoms with Gasteiger partial charge in [0, 0.05) is 24.2 Å². The molecule has 0 radical (unpaired) electrons. The molecule has 2 aromatic carbocycles. The van der Waals surface area contributed by atoms with Gasteiger partial charge >= 0.3 is 11.9 Å². The molecule has 1 aromatic heterocycles. The fourth-order valence-electron chi connectivity index (χ4n) is 4.91. The highest BCUT2D eigenvalue weighted by molar-refractivity contribution is 8.04. The molecule has 0 saturated carbocycles. The van der Waals surface area contributed by atoms with Crippen molar-refractivity contribution in [3.8, 4) is 22.6 Å². The lowest BCUT2D eigenvalue weighted by Gasteiger charge is -2.39. The van der Waals surface area contributed by atoms with Crippen molar-refractivity contribution in [3.63, 3.8) is 0 Å². The number of anilines is 2. The van der Waals surface area contributed by atoms with Crippen LogP contribution in [-0.4, -0.2) is 42.8 Å². The fourth-order valence-corrected chi connectivity index (χ4v) is 5.91. The van der Waals surface area contributed by atoms with E-state index in [1.165, 1.54) is 31.2 Å². The van der Waals surface area contributed by atoms with Gasteiger partial charge in [-0.25, -0.2) is 4.79 Å². The molecule has 9 nitrogen and oxygen atoms in total. The molecule has 3 heterocycles. The molecule has 0 fully saturated rings. The van der Waals surface area contributed by atoms with Gasteiger partial charge in [-0.15, -0.1) is 11.8 Å². The predicted octanol–water partition coefficient (Wildman–Crippen LogP) is 5.79. The lowest BCUT2D eigenvalue weighted by atomic mass is 9.91. The Labute approximate surface area is 236 Å². The second-order valence-electron chi connectivity index (χ2n) is 10.1. The Hall–Kier alpha value is -4.18. The highest BCUT2D eigenvalue weighted by Gasteiger charge is 2.39. The molecule has 0 spiro atoms. The largest absolute Gasteiger partial charge is 0.496 e. The maximum absolute atomic E-state index is 13.2. The molecule has 0 bridgehead atoms. The van der Waals surface area contributed by atoms with Crippen LogP contribution < -0.4 is 19.7 Å². The summed E-state index contributed by atoms with van der Waals surface area (Å²) in [5, 5.41) is 3.02. The number of amides is 1. The van der Waals surface area contributed by atoms with Crippen molar-refractivity contribution in [2.75, 3.05) is 24.4 Å². The van der Waals surface area contributed by atoms with Gasteiger partial charge < -0.3 is 28.8 Å². The molecule has 5 rings (SSSR count). The van der Waals surface area contributed by atoms with E-state index in [-0.39, 0.29) is 35.2 Å². The minimum Gasteiger partial charge on any atom is -0.496 e. The highest BCUT2D eigenvalue weighted by Crippen LogP contribution is 2.45. The summed E-state index contributed by atoms with van der Waals surface area (Å²) in [4.78, 5) is 41.2. The van der Waals surface area contributed by atoms with E-state index < -0.39 is 11.5 Å². The number of esters is 2. The summed E-state index contributed by atoms with van der Waals surface area (Å²) in [6.07, 6.45) is 4.04. The number of rotatable bonds is 7. The molecule has 1 unspecified atom stereocenters. The van der Waals surface area contributed by atoms with Gasteiger partial charge in [-0.2, -0.15) is 0 Å². The molecular formula is C30H30N2O7S. The Bertz CT molecular complexity index is 1510. The van der Waals surface area contributed by atoms with Crippen LogP contribution in [0.15, 0.2) is 64.1 Å². The standard InChI is InChI=1S/C30H30N2O7S/c1-17-8-13-25(40-17)28(34)38-16-21-19(11-12-22-26(21)32(4)29(35)30(2,3)31-22)20-10-9-18(15-24(20)36-5)39-27(33)23-7-6-14-37-23/h6-12,14-15,25,31H,13,16H2,1-5H3. The van der Waals surface area contributed by atoms with Crippen LogP contribution in [0, 0.1) is 0 Å². The number of hydrogen-bond acceptors (Lipinski definition) is 9. The van der Waals surface area contributed by atoms with Crippen LogP contribution in [0.5, 0.6) is 11.5 Å². The number of fused-ring (bicyclic) bond motifs is 1. The van der Waals surface area contributed by atoms with Crippen molar-refractivity contribution in [1.82, 2.24) is 0 Å². The van der Waals surface area contributed by atoms with Crippen LogP contribution in [0.3, 0.4) is 0 Å². The third-order valence-electron chi connectivity index (χ3n) is 6.87. The Balaban J connectivity index is 1.53. The molecule has 208 valence electrons. The van der Waals surface area contributed by atoms with Gasteiger partial charge in [0.05, 0.1) is 24.7 Å². The number of allylic oxidation sites excluding steroid dienone is 2. The van der Waals surface area contributed by atoms with Gasteiger partial charge in [0.2, 0.25) is 5.76 Å². The first kappa shape index (κ1) is 27.4. The Morgan fingerprint density at radius 3 is 2.62 bits per heavy atom. The van der Waals surface area contributed by atoms with Crippen LogP contribution in [0.1, 0.15) is 43.3 Å². The van der Waals surface area contributed by atoms with Crippen LogP contribution in [-0.2, 0) is 20.9 Å². The number of furan rings is 1. The van der Waals surface area contributed by atoms with E-state index in [1.54, 1.807) is 36.2 Å². The molecule has 1 N–H and O–H groups in total. The minimum absolute atomic E-state index is 0.0500. The fraction of sp³-hybridized carbons (Fsp3) is 0.300. The monoisotopic (exact) mass is 562 g/mol. The van der Waals surface area contributed by atoms with Crippen molar-refractivity contribution < 1.29 is 33.0 Å². The van der Waals surface area contributed by atoms with Gasteiger partial charge in [-0.05, 0) is 68.0 Å². The first-order valence-electron chi connectivity index (χ1n) is 12.8. The number of nitrogens with one attached hydrogen (secondary N) is 1. The predicted molar refractivity (Wildman–Crippen MR) is 153 cm³/mol. The van der Waals surface area contributed by atoms with Crippen molar-refractivity contribution in [2.24, 2.45) is 0 Å². The van der Waals surface area contributed by atoms with Crippen LogP contribution in [0.2, 0.25) is 0 Å². The zero-order valence-corrected chi connectivity index (χ0v) is 23.7. The molecule has 1 amide bonds. The van der Waals surface area contributed by atoms with Crippen LogP contribution in [0.4, 0.5) is 11.4 Å². The maximum Gasteiger partial charge on any atom is 0.379 e. The summed E-state index contributed by atoms with van der Waals surface area (Å²) < 4.78 is 22.1. The first-order valence-corrected chi connectivity index (χ1v) is 13.6. The van der Waals surface area contributed by atoms with Gasteiger partial charge in [-0.3, -0.25) is 9.59 Å². The second-order valence-corrected chi connectivity index (χ2v) is 11.5. The average molecular weight is 563 g/mol. The molecule has 0 saturated heterocycles. The first-order chi connectivity index (χ1) is 19.1. The SMILES string of the molecule is COc1cc(OC(=O)c2ccco2)ccc1-c1ccc2c(c1COC(=O)C1CC=C(C)S1)N(C)C(=O)C(C)(C)N2. The number of likely N-dealkylation sites (N-methyl/N-ethyl adjacent to an activating group) is 1. The summed E-state index contributed by atoms with van der Waals surface area (Å²) in [7, 11) is 3.23. The third-order valence-corrected chi connectivity index (χ3v) is 8.08. The number of hydrogen-bond donors (Lipinski definition) is 1. The third kappa shape index (κ3) is 5.19. The number of methoxy groups -OCH3 is 1. The summed E-state index contributed by atoms with van der Waals surface area (Å²) in [6, 6.07) is 11.9. The number of carbonyl (C=O) groups is 3. The van der Waals surface area contributed by atoms with E-state index in [2.05, 4.69) is 5.32 Å². The molecule has 1 atom stereocenters. The number of thioether (sulfide) groups is 1. The second kappa shape index (κ2) is 10.8. The van der Waals surface area contributed by atoms with Crippen molar-refractivity contribution in [1.29, 1.82) is 0 Å². The quantitative estimate of drug-likeness (QED) is 0.283. The van der Waals surface area contributed by atoms with Crippen molar-refractivity contribution in [2.45, 2.75) is 44.6 Å². The number of nitrogens with zero attached hydrogens (tertiary/aromatic N) is 1. The molecule has 0 aliphatic carbocycles. The van der Waals surface area contributed by atoms with E-state index in [0.717, 1.165) is 10.6 Å². The van der Waals surface area contributed by atoms with Gasteiger partial charge in [0.1, 0.15) is 28.9 Å². The van der Waals surface area contributed by atoms with E-state index >= 15 is 0 Å². The maximum atomic E-state index is 13.2. The zero-order valence-electron chi connectivity index (χ0n) is 22.9. The molecule has 3 aromatic rings. The molecule has 2 aliphatic rings. The topological polar surface area (TPSA) is 107 Å². The van der Waals surface area contributed by atoms with Gasteiger partial charge in [-0.1, -0.05) is 12.1 Å². The Kier molecular flexibility index (Phi) is 7.37. The van der Waals surface area contributed by atoms with Crippen LogP contribution >= 0.6 is 11.8 Å². The van der Waals surface area contributed by atoms with E-state index in [9.17, 15) is 14.4 Å². The summed E-state index contributed by atoms with van der Waals surface area (Å²) in [5.74, 6) is -0.290. The van der Waals surface area contributed by atoms with Gasteiger partial charge in [0.25, 0.3) is 5.91 Å². The average Bonchev–Trinajstić information content (AvgIpc) is 3.62. The van der Waals surface area contributed by atoms with Crippen molar-refractivity contribution >= 4 is 41.0 Å². The summed E-state index contributed by atoms with van der Waals surface area (Å²) in [5.41, 5.74) is 2.60. The lowest BCUT2D eigenvalue weighted by molar-refractivity contribution is -0.144. The number of ether oxygens (including phenoxy) is 3. The van der Waals surface area contributed by atoms with E-state index in [1.807, 2.05) is 39.0 Å². The van der Waals surface area contributed by atoms with Crippen molar-refractivity contribution in [3.05, 3.63) is 71.0 Å². The van der Waals surface area contributed by atoms with Crippen LogP contribution in [0.25, 0.3) is 11.1 Å². The molecule has 10 heteroatoms. The summed E-state index contributed by atoms with van der Waals surface area (Å²) in [6.45, 7) is 5.56.